The highest BCUT2D eigenvalue weighted by atomic mass is 19.1. The average Bonchev–Trinajstić information content (AvgIpc) is 2.84. The Balaban J connectivity index is 1.54. The van der Waals surface area contributed by atoms with Gasteiger partial charge >= 0.3 is 5.97 Å². The van der Waals surface area contributed by atoms with Gasteiger partial charge in [-0.15, -0.1) is 0 Å². The average molecular weight is 460 g/mol. The fraction of sp³-hybridized carbons (Fsp3) is 0.379. The summed E-state index contributed by atoms with van der Waals surface area (Å²) >= 11 is 0. The Bertz CT molecular complexity index is 1160. The lowest BCUT2D eigenvalue weighted by Gasteiger charge is -2.37. The maximum absolute atomic E-state index is 15.1. The van der Waals surface area contributed by atoms with E-state index >= 15 is 4.39 Å². The van der Waals surface area contributed by atoms with Crippen LogP contribution in [0.15, 0.2) is 77.1 Å². The zero-order valence-corrected chi connectivity index (χ0v) is 19.5. The molecule has 3 aliphatic rings. The van der Waals surface area contributed by atoms with E-state index in [1.807, 2.05) is 37.3 Å². The predicted molar refractivity (Wildman–Crippen MR) is 128 cm³/mol. The molecule has 5 heteroatoms. The Kier molecular flexibility index (Phi) is 6.36. The number of benzene rings is 2. The Morgan fingerprint density at radius 1 is 0.971 bits per heavy atom. The number of carbonyl (C=O) groups excluding carboxylic acids is 2. The van der Waals surface area contributed by atoms with Crippen LogP contribution in [-0.4, -0.2) is 17.9 Å². The van der Waals surface area contributed by atoms with Gasteiger partial charge in [0.1, 0.15) is 11.9 Å². The normalized spacial score (nSPS) is 23.4. The molecule has 176 valence electrons. The van der Waals surface area contributed by atoms with Crippen molar-refractivity contribution in [3.05, 3.63) is 94.1 Å². The van der Waals surface area contributed by atoms with E-state index in [1.54, 1.807) is 18.2 Å². The molecule has 4 nitrogen and oxygen atoms in total. The first-order chi connectivity index (χ1) is 16.5. The van der Waals surface area contributed by atoms with Crippen molar-refractivity contribution in [1.82, 2.24) is 5.32 Å². The third-order valence-electron chi connectivity index (χ3n) is 7.36. The lowest BCUT2D eigenvalue weighted by atomic mass is 9.71. The van der Waals surface area contributed by atoms with Crippen molar-refractivity contribution in [3.8, 4) is 0 Å². The molecule has 0 amide bonds. The van der Waals surface area contributed by atoms with Crippen molar-refractivity contribution in [2.24, 2.45) is 0 Å². The minimum absolute atomic E-state index is 0.0461. The Labute approximate surface area is 199 Å². The van der Waals surface area contributed by atoms with E-state index in [1.165, 1.54) is 6.07 Å². The first-order valence-electron chi connectivity index (χ1n) is 12.3. The smallest absolute Gasteiger partial charge is 0.337 e. The summed E-state index contributed by atoms with van der Waals surface area (Å²) in [5.74, 6) is -1.64. The molecule has 1 fully saturated rings. The topological polar surface area (TPSA) is 55.4 Å². The molecule has 0 aromatic heterocycles. The monoisotopic (exact) mass is 459 g/mol. The summed E-state index contributed by atoms with van der Waals surface area (Å²) in [4.78, 5) is 27.0. The van der Waals surface area contributed by atoms with Crippen molar-refractivity contribution in [3.63, 3.8) is 0 Å². The number of dihydropyridines is 1. The molecule has 0 saturated heterocycles. The van der Waals surface area contributed by atoms with Crippen molar-refractivity contribution in [1.29, 1.82) is 0 Å². The van der Waals surface area contributed by atoms with Crippen molar-refractivity contribution >= 4 is 11.8 Å². The molecule has 2 aromatic rings. The molecule has 1 N–H and O–H groups in total. The Hall–Kier alpha value is -3.21. The van der Waals surface area contributed by atoms with E-state index in [-0.39, 0.29) is 17.8 Å². The van der Waals surface area contributed by atoms with E-state index in [0.29, 0.717) is 35.2 Å². The summed E-state index contributed by atoms with van der Waals surface area (Å²) in [7, 11) is 0. The fourth-order valence-corrected chi connectivity index (χ4v) is 5.69. The van der Waals surface area contributed by atoms with Gasteiger partial charge in [0.2, 0.25) is 0 Å². The van der Waals surface area contributed by atoms with Crippen LogP contribution in [0, 0.1) is 5.82 Å². The number of rotatable bonds is 4. The molecular weight excluding hydrogens is 429 g/mol. The number of allylic oxidation sites excluding steroid dienone is 3. The third-order valence-corrected chi connectivity index (χ3v) is 7.36. The Morgan fingerprint density at radius 3 is 2.41 bits per heavy atom. The molecule has 2 aliphatic carbocycles. The second kappa shape index (κ2) is 9.57. The lowest BCUT2D eigenvalue weighted by molar-refractivity contribution is -0.146. The van der Waals surface area contributed by atoms with Crippen molar-refractivity contribution < 1.29 is 18.7 Å². The number of carbonyl (C=O) groups is 2. The second-order valence-electron chi connectivity index (χ2n) is 9.61. The molecule has 1 aliphatic heterocycles. The van der Waals surface area contributed by atoms with Gasteiger partial charge in [0.25, 0.3) is 0 Å². The summed E-state index contributed by atoms with van der Waals surface area (Å²) in [6.07, 6.45) is 5.78. The highest BCUT2D eigenvalue weighted by Crippen LogP contribution is 2.46. The van der Waals surface area contributed by atoms with E-state index in [4.69, 9.17) is 4.74 Å². The van der Waals surface area contributed by atoms with Crippen LogP contribution < -0.4 is 5.32 Å². The number of hydrogen-bond donors (Lipinski definition) is 1. The summed E-state index contributed by atoms with van der Waals surface area (Å²) in [6.45, 7) is 1.83. The summed E-state index contributed by atoms with van der Waals surface area (Å²) < 4.78 is 21.0. The van der Waals surface area contributed by atoms with Crippen LogP contribution in [0.5, 0.6) is 0 Å². The number of ketones is 1. The molecule has 1 saturated carbocycles. The minimum Gasteiger partial charge on any atom is -0.459 e. The van der Waals surface area contributed by atoms with Gasteiger partial charge in [-0.25, -0.2) is 9.18 Å². The highest BCUT2D eigenvalue weighted by Gasteiger charge is 2.42. The van der Waals surface area contributed by atoms with Crippen LogP contribution in [0.3, 0.4) is 0 Å². The van der Waals surface area contributed by atoms with Gasteiger partial charge in [0, 0.05) is 29.0 Å². The van der Waals surface area contributed by atoms with Crippen molar-refractivity contribution in [2.45, 2.75) is 69.8 Å². The standard InChI is InChI=1S/C29H30FNO3/c1-18-26(29(33)34-21-12-6-3-7-13-21)27(22-14-8-9-15-23(22)30)28-24(31-18)16-20(17-25(28)32)19-10-4-2-5-11-19/h2,4-5,8-11,14-15,20-21,27,31H,3,6-7,12-13,16-17H2,1H3. The van der Waals surface area contributed by atoms with Gasteiger partial charge in [-0.05, 0) is 56.6 Å². The van der Waals surface area contributed by atoms with Gasteiger partial charge in [-0.1, -0.05) is 55.0 Å². The quantitative estimate of drug-likeness (QED) is 0.565. The second-order valence-corrected chi connectivity index (χ2v) is 9.61. The molecule has 2 aromatic carbocycles. The van der Waals surface area contributed by atoms with E-state index in [9.17, 15) is 9.59 Å². The van der Waals surface area contributed by atoms with Crippen LogP contribution in [0.4, 0.5) is 4.39 Å². The van der Waals surface area contributed by atoms with Crippen LogP contribution >= 0.6 is 0 Å². The van der Waals surface area contributed by atoms with E-state index < -0.39 is 17.7 Å². The largest absolute Gasteiger partial charge is 0.459 e. The van der Waals surface area contributed by atoms with Gasteiger partial charge in [-0.2, -0.15) is 0 Å². The summed E-state index contributed by atoms with van der Waals surface area (Å²) in [5, 5.41) is 3.35. The van der Waals surface area contributed by atoms with Crippen LogP contribution in [0.2, 0.25) is 0 Å². The fourth-order valence-electron chi connectivity index (χ4n) is 5.69. The molecule has 0 spiro atoms. The number of hydrogen-bond acceptors (Lipinski definition) is 4. The maximum Gasteiger partial charge on any atom is 0.337 e. The lowest BCUT2D eigenvalue weighted by Crippen LogP contribution is -2.37. The minimum atomic E-state index is -0.766. The van der Waals surface area contributed by atoms with Crippen LogP contribution in [0.1, 0.15) is 74.8 Å². The molecule has 5 rings (SSSR count). The predicted octanol–water partition coefficient (Wildman–Crippen LogP) is 6.06. The van der Waals surface area contributed by atoms with Gasteiger partial charge in [-0.3, -0.25) is 4.79 Å². The molecule has 34 heavy (non-hydrogen) atoms. The molecule has 0 radical (unpaired) electrons. The van der Waals surface area contributed by atoms with Gasteiger partial charge < -0.3 is 10.1 Å². The third kappa shape index (κ3) is 4.31. The van der Waals surface area contributed by atoms with Gasteiger partial charge in [0.15, 0.2) is 5.78 Å². The van der Waals surface area contributed by atoms with E-state index in [0.717, 1.165) is 43.4 Å². The number of Topliss-reactive ketones (excluding diaryl/α,β-unsaturated/α-hetero) is 1. The van der Waals surface area contributed by atoms with Gasteiger partial charge in [0.05, 0.1) is 11.5 Å². The zero-order chi connectivity index (χ0) is 23.7. The van der Waals surface area contributed by atoms with Crippen LogP contribution in [0.25, 0.3) is 0 Å². The van der Waals surface area contributed by atoms with E-state index in [2.05, 4.69) is 5.32 Å². The van der Waals surface area contributed by atoms with Crippen LogP contribution in [-0.2, 0) is 14.3 Å². The maximum atomic E-state index is 15.1. The SMILES string of the molecule is CC1=C(C(=O)OC2CCCCC2)C(c2ccccc2F)C2=C(CC(c3ccccc3)CC2=O)N1. The number of ether oxygens (including phenoxy) is 1. The molecule has 2 atom stereocenters. The summed E-state index contributed by atoms with van der Waals surface area (Å²) in [5.41, 5.74) is 3.72. The van der Waals surface area contributed by atoms with Crippen molar-refractivity contribution in [2.75, 3.05) is 0 Å². The molecule has 1 heterocycles. The number of nitrogens with one attached hydrogen (secondary N) is 1. The highest BCUT2D eigenvalue weighted by molar-refractivity contribution is 6.04. The molecule has 2 unspecified atom stereocenters. The number of halogens is 1. The Morgan fingerprint density at radius 2 is 1.68 bits per heavy atom. The first kappa shape index (κ1) is 22.6. The molecular formula is C29H30FNO3. The first-order valence-corrected chi connectivity index (χ1v) is 12.3. The number of esters is 1. The molecule has 0 bridgehead atoms. The zero-order valence-electron chi connectivity index (χ0n) is 19.5. The summed E-state index contributed by atoms with van der Waals surface area (Å²) in [6, 6.07) is 16.4.